The number of hydrogen-bond acceptors (Lipinski definition) is 7. The number of ketones is 1. The lowest BCUT2D eigenvalue weighted by Gasteiger charge is -2.57. The highest BCUT2D eigenvalue weighted by atomic mass is 16.7. The van der Waals surface area contributed by atoms with Crippen LogP contribution in [0.2, 0.25) is 0 Å². The molecule has 204 valence electrons. The molecule has 6 fully saturated rings. The summed E-state index contributed by atoms with van der Waals surface area (Å²) in [4.78, 5) is 25.7. The maximum atomic E-state index is 13.4. The van der Waals surface area contributed by atoms with Crippen molar-refractivity contribution in [3.63, 3.8) is 0 Å². The molecule has 0 aromatic carbocycles. The molecule has 1 spiro atoms. The van der Waals surface area contributed by atoms with E-state index >= 15 is 0 Å². The number of allylic oxidation sites excluding steroid dienone is 1. The topological polar surface area (TPSA) is 97.9 Å². The summed E-state index contributed by atoms with van der Waals surface area (Å²) in [6.07, 6.45) is 7.91. The van der Waals surface area contributed by atoms with Crippen LogP contribution in [0.15, 0.2) is 12.2 Å². The van der Waals surface area contributed by atoms with Crippen molar-refractivity contribution in [2.75, 3.05) is 0 Å². The van der Waals surface area contributed by atoms with Crippen LogP contribution in [0.5, 0.6) is 0 Å². The van der Waals surface area contributed by atoms with E-state index in [2.05, 4.69) is 27.7 Å². The Labute approximate surface area is 219 Å². The predicted octanol–water partition coefficient (Wildman–Crippen LogP) is 3.95. The summed E-state index contributed by atoms with van der Waals surface area (Å²) in [7, 11) is 0. The largest absolute Gasteiger partial charge is 0.462 e. The fraction of sp³-hybridized carbons (Fsp3) is 0.867. The molecule has 1 N–H and O–H groups in total. The Morgan fingerprint density at radius 3 is 2.65 bits per heavy atom. The number of carbonyl (C=O) groups excluding carboxylic acids is 2. The predicted molar refractivity (Wildman–Crippen MR) is 133 cm³/mol. The Hall–Kier alpha value is -1.28. The van der Waals surface area contributed by atoms with Gasteiger partial charge in [-0.05, 0) is 88.0 Å². The lowest BCUT2D eigenvalue weighted by Crippen LogP contribution is -2.60. The van der Waals surface area contributed by atoms with Gasteiger partial charge in [-0.25, -0.2) is 0 Å². The number of aliphatic hydroxyl groups is 1. The molecule has 7 rings (SSSR count). The second kappa shape index (κ2) is 7.26. The first kappa shape index (κ1) is 24.7. The molecule has 37 heavy (non-hydrogen) atoms. The Morgan fingerprint density at radius 2 is 1.95 bits per heavy atom. The normalized spacial score (nSPS) is 59.8. The van der Waals surface area contributed by atoms with Gasteiger partial charge in [0.25, 0.3) is 0 Å². The van der Waals surface area contributed by atoms with Crippen molar-refractivity contribution in [3.8, 4) is 0 Å². The van der Waals surface area contributed by atoms with Gasteiger partial charge in [0.2, 0.25) is 0 Å². The molecule has 0 bridgehead atoms. The Kier molecular flexibility index (Phi) is 4.86. The maximum absolute atomic E-state index is 13.4. The number of esters is 1. The van der Waals surface area contributed by atoms with Crippen molar-refractivity contribution in [2.24, 2.45) is 40.4 Å². The van der Waals surface area contributed by atoms with Crippen molar-refractivity contribution < 1.29 is 33.6 Å². The summed E-state index contributed by atoms with van der Waals surface area (Å²) < 4.78 is 24.7. The standard InChI is InChI=1S/C30H42O7/c1-15(21-14-27(4)29(6,37-27)25(33)35-21)24-20(34-16(2)31)13-19-17-12-23-30(36-23)10-7-8-22(32)28(30,5)18(17)9-11-26(19,24)3/h7-8,15,17-21,23-25,33H,9-14H2,1-6H3. The van der Waals surface area contributed by atoms with Crippen LogP contribution in [0.25, 0.3) is 0 Å². The summed E-state index contributed by atoms with van der Waals surface area (Å²) >= 11 is 0. The van der Waals surface area contributed by atoms with E-state index in [4.69, 9.17) is 18.9 Å². The van der Waals surface area contributed by atoms with E-state index in [1.807, 2.05) is 13.0 Å². The zero-order valence-corrected chi connectivity index (χ0v) is 23.0. The van der Waals surface area contributed by atoms with E-state index in [1.165, 1.54) is 6.92 Å². The van der Waals surface area contributed by atoms with Crippen LogP contribution in [0.3, 0.4) is 0 Å². The van der Waals surface area contributed by atoms with E-state index in [1.54, 1.807) is 6.08 Å². The number of aliphatic hydroxyl groups excluding tert-OH is 1. The average Bonchev–Trinajstić information content (AvgIpc) is 3.63. The van der Waals surface area contributed by atoms with Crippen molar-refractivity contribution in [3.05, 3.63) is 12.2 Å². The highest BCUT2D eigenvalue weighted by Gasteiger charge is 2.78. The van der Waals surface area contributed by atoms with Crippen LogP contribution >= 0.6 is 0 Å². The second-order valence-electron chi connectivity index (χ2n) is 14.3. The first-order valence-corrected chi connectivity index (χ1v) is 14.4. The van der Waals surface area contributed by atoms with Crippen molar-refractivity contribution in [2.45, 2.75) is 121 Å². The fourth-order valence-corrected chi connectivity index (χ4v) is 10.7. The molecule has 14 unspecified atom stereocenters. The second-order valence-corrected chi connectivity index (χ2v) is 14.3. The number of rotatable bonds is 3. The monoisotopic (exact) mass is 514 g/mol. The van der Waals surface area contributed by atoms with Crippen LogP contribution in [0.1, 0.15) is 80.1 Å². The van der Waals surface area contributed by atoms with Gasteiger partial charge < -0.3 is 24.1 Å². The molecule has 7 heteroatoms. The number of fused-ring (bicyclic) bond motifs is 5. The van der Waals surface area contributed by atoms with Gasteiger partial charge in [-0.15, -0.1) is 0 Å². The molecule has 0 radical (unpaired) electrons. The zero-order valence-electron chi connectivity index (χ0n) is 23.0. The number of ether oxygens (including phenoxy) is 4. The van der Waals surface area contributed by atoms with E-state index in [0.717, 1.165) is 38.5 Å². The molecular formula is C30H42O7. The van der Waals surface area contributed by atoms with Gasteiger partial charge in [0, 0.05) is 19.3 Å². The molecule has 3 aliphatic heterocycles. The summed E-state index contributed by atoms with van der Waals surface area (Å²) in [5, 5.41) is 10.8. The molecule has 7 nitrogen and oxygen atoms in total. The Balaban J connectivity index is 1.22. The highest BCUT2D eigenvalue weighted by molar-refractivity contribution is 5.97. The first-order valence-electron chi connectivity index (χ1n) is 14.4. The van der Waals surface area contributed by atoms with Crippen LogP contribution < -0.4 is 0 Å². The van der Waals surface area contributed by atoms with E-state index < -0.39 is 22.9 Å². The SMILES string of the molecule is CC(=O)OC1CC2C3CC4OC45CC=CC(=O)C5(C)C3CCC2(C)C1C(C)C1CC2(C)OC2(C)C(O)O1. The van der Waals surface area contributed by atoms with Crippen LogP contribution in [-0.2, 0) is 28.5 Å². The fourth-order valence-electron chi connectivity index (χ4n) is 10.7. The third kappa shape index (κ3) is 2.87. The smallest absolute Gasteiger partial charge is 0.302 e. The van der Waals surface area contributed by atoms with Crippen molar-refractivity contribution in [1.29, 1.82) is 0 Å². The summed E-state index contributed by atoms with van der Waals surface area (Å²) in [6.45, 7) is 12.2. The lowest BCUT2D eigenvalue weighted by atomic mass is 9.44. The number of epoxide rings is 2. The van der Waals surface area contributed by atoms with Gasteiger partial charge in [0.1, 0.15) is 22.9 Å². The van der Waals surface area contributed by atoms with Crippen LogP contribution in [0.4, 0.5) is 0 Å². The summed E-state index contributed by atoms with van der Waals surface area (Å²) in [6, 6.07) is 0. The van der Waals surface area contributed by atoms with Crippen molar-refractivity contribution in [1.82, 2.24) is 0 Å². The van der Waals surface area contributed by atoms with Gasteiger partial charge >= 0.3 is 5.97 Å². The van der Waals surface area contributed by atoms with Crippen LogP contribution in [-0.4, -0.2) is 58.3 Å². The minimum atomic E-state index is -0.963. The molecular weight excluding hydrogens is 472 g/mol. The first-order chi connectivity index (χ1) is 17.3. The third-order valence-electron chi connectivity index (χ3n) is 12.9. The minimum Gasteiger partial charge on any atom is -0.462 e. The minimum absolute atomic E-state index is 0.0557. The van der Waals surface area contributed by atoms with Gasteiger partial charge in [0.05, 0.1) is 17.6 Å². The average molecular weight is 515 g/mol. The van der Waals surface area contributed by atoms with Crippen LogP contribution in [0, 0.1) is 40.4 Å². The Morgan fingerprint density at radius 1 is 1.19 bits per heavy atom. The van der Waals surface area contributed by atoms with Gasteiger partial charge in [0.15, 0.2) is 12.1 Å². The highest BCUT2D eigenvalue weighted by Crippen LogP contribution is 2.73. The number of carbonyl (C=O) groups is 2. The molecule has 4 aliphatic carbocycles. The Bertz CT molecular complexity index is 1090. The summed E-state index contributed by atoms with van der Waals surface area (Å²) in [5.74, 6) is 1.14. The molecule has 0 aromatic heterocycles. The molecule has 14 atom stereocenters. The summed E-state index contributed by atoms with van der Waals surface area (Å²) in [5.41, 5.74) is -1.88. The van der Waals surface area contributed by atoms with Crippen molar-refractivity contribution >= 4 is 11.8 Å². The molecule has 3 saturated carbocycles. The number of hydrogen-bond donors (Lipinski definition) is 1. The molecule has 7 aliphatic rings. The van der Waals surface area contributed by atoms with Gasteiger partial charge in [-0.2, -0.15) is 0 Å². The maximum Gasteiger partial charge on any atom is 0.302 e. The lowest BCUT2D eigenvalue weighted by molar-refractivity contribution is -0.208. The molecule has 0 amide bonds. The molecule has 3 heterocycles. The zero-order chi connectivity index (χ0) is 26.3. The van der Waals surface area contributed by atoms with Gasteiger partial charge in [-0.3, -0.25) is 9.59 Å². The van der Waals surface area contributed by atoms with E-state index in [9.17, 15) is 14.7 Å². The van der Waals surface area contributed by atoms with E-state index in [0.29, 0.717) is 11.8 Å². The van der Waals surface area contributed by atoms with Gasteiger partial charge in [-0.1, -0.05) is 19.9 Å². The quantitative estimate of drug-likeness (QED) is 0.450. The third-order valence-corrected chi connectivity index (χ3v) is 12.9. The van der Waals surface area contributed by atoms with E-state index in [-0.39, 0.29) is 58.8 Å². The molecule has 0 aromatic rings. The molecule has 3 saturated heterocycles.